The summed E-state index contributed by atoms with van der Waals surface area (Å²) in [6.45, 7) is 7.11. The maximum absolute atomic E-state index is 6.25. The summed E-state index contributed by atoms with van der Waals surface area (Å²) < 4.78 is 14.3. The summed E-state index contributed by atoms with van der Waals surface area (Å²) in [6.07, 6.45) is 8.28. The zero-order valence-electron chi connectivity index (χ0n) is 19.9. The van der Waals surface area contributed by atoms with Crippen LogP contribution in [0.4, 0.5) is 15.9 Å². The van der Waals surface area contributed by atoms with Crippen LogP contribution in [0.2, 0.25) is 13.3 Å². The van der Waals surface area contributed by atoms with Crippen molar-refractivity contribution in [1.29, 1.82) is 0 Å². The number of rotatable bonds is 11. The van der Waals surface area contributed by atoms with Gasteiger partial charge in [0, 0.05) is 0 Å². The maximum atomic E-state index is 6.25. The first kappa shape index (κ1) is 24.0. The zero-order valence-corrected chi connectivity index (χ0v) is 24.5. The van der Waals surface area contributed by atoms with Crippen LogP contribution in [0.3, 0.4) is 0 Å². The Labute approximate surface area is 204 Å². The van der Waals surface area contributed by atoms with Crippen LogP contribution in [0.25, 0.3) is 0 Å². The standard InChI is InChI=1S/C16H10NOSe.3C4H9.Sn/c1-3-8-14-12(6-1)17(16-10-5-11-19-16)13-7-2-4-9-15(13)18-14;3*1-3-4-2;/h1-10H;3*1,3-4H2,2H3;. The van der Waals surface area contributed by atoms with Gasteiger partial charge in [-0.15, -0.1) is 0 Å². The van der Waals surface area contributed by atoms with Crippen LogP contribution >= 0.6 is 0 Å². The van der Waals surface area contributed by atoms with E-state index in [0.717, 1.165) is 11.5 Å². The molecule has 1 aliphatic rings. The van der Waals surface area contributed by atoms with Gasteiger partial charge in [-0.3, -0.25) is 0 Å². The number of hydrogen-bond acceptors (Lipinski definition) is 2. The summed E-state index contributed by atoms with van der Waals surface area (Å²) in [5.74, 6) is 1.93. The van der Waals surface area contributed by atoms with Gasteiger partial charge in [-0.25, -0.2) is 0 Å². The predicted molar refractivity (Wildman–Crippen MR) is 143 cm³/mol. The molecule has 2 heterocycles. The molecule has 0 aliphatic carbocycles. The monoisotopic (exact) mass is 603 g/mol. The molecule has 0 bridgehead atoms. The van der Waals surface area contributed by atoms with Crippen molar-refractivity contribution in [3.05, 3.63) is 60.7 Å². The minimum atomic E-state index is -2.36. The van der Waals surface area contributed by atoms with E-state index >= 15 is 0 Å². The molecule has 170 valence electrons. The fraction of sp³-hybridized carbons (Fsp3) is 0.429. The molecule has 1 aliphatic heterocycles. The molecule has 0 atom stereocenters. The Morgan fingerprint density at radius 1 is 0.688 bits per heavy atom. The number of hydrogen-bond donors (Lipinski definition) is 0. The third-order valence-corrected chi connectivity index (χ3v) is 30.9. The minimum absolute atomic E-state index is 0.420. The molecule has 0 fully saturated rings. The molecule has 0 N–H and O–H groups in total. The quantitative estimate of drug-likeness (QED) is 0.160. The summed E-state index contributed by atoms with van der Waals surface area (Å²) in [5, 5.41) is 0. The van der Waals surface area contributed by atoms with E-state index in [9.17, 15) is 0 Å². The van der Waals surface area contributed by atoms with Gasteiger partial charge in [0.25, 0.3) is 0 Å². The SMILES string of the molecule is CCC[CH2][Sn]([CH2]CCC)([CH2]CCC)[c]1ccc(N2c3ccccc3Oc3ccccc32)[se]1. The molecular formula is C28H37NOSeSn. The van der Waals surface area contributed by atoms with Gasteiger partial charge in [0.1, 0.15) is 0 Å². The molecule has 0 radical (unpaired) electrons. The van der Waals surface area contributed by atoms with Crippen molar-refractivity contribution in [2.45, 2.75) is 72.6 Å². The number of para-hydroxylation sites is 4. The van der Waals surface area contributed by atoms with Crippen LogP contribution in [-0.4, -0.2) is 32.9 Å². The molecule has 0 saturated heterocycles. The molecule has 2 aromatic carbocycles. The molecule has 2 nitrogen and oxygen atoms in total. The average Bonchev–Trinajstić information content (AvgIpc) is 3.32. The van der Waals surface area contributed by atoms with E-state index in [1.165, 1.54) is 54.5 Å². The molecule has 0 saturated carbocycles. The second kappa shape index (κ2) is 11.3. The first-order valence-electron chi connectivity index (χ1n) is 12.5. The van der Waals surface area contributed by atoms with Gasteiger partial charge in [-0.1, -0.05) is 0 Å². The number of anilines is 3. The van der Waals surface area contributed by atoms with Crippen molar-refractivity contribution in [3.8, 4) is 11.5 Å². The van der Waals surface area contributed by atoms with Crippen LogP contribution in [-0.2, 0) is 0 Å². The van der Waals surface area contributed by atoms with Crippen LogP contribution in [0.15, 0.2) is 60.7 Å². The first-order valence-corrected chi connectivity index (χ1v) is 21.7. The van der Waals surface area contributed by atoms with Gasteiger partial charge in [-0.05, 0) is 0 Å². The number of fused-ring (bicyclic) bond motifs is 2. The van der Waals surface area contributed by atoms with Crippen molar-refractivity contribution < 1.29 is 4.74 Å². The molecule has 3 aromatic rings. The zero-order chi connectivity index (χ0) is 22.4. The predicted octanol–water partition coefficient (Wildman–Crippen LogP) is 8.38. The Kier molecular flexibility index (Phi) is 8.48. The molecule has 4 rings (SSSR count). The van der Waals surface area contributed by atoms with Crippen LogP contribution < -0.4 is 12.1 Å². The summed E-state index contributed by atoms with van der Waals surface area (Å²) in [7, 11) is 0. The number of ether oxygens (including phenoxy) is 1. The van der Waals surface area contributed by atoms with E-state index in [4.69, 9.17) is 4.74 Å². The topological polar surface area (TPSA) is 12.5 Å². The first-order chi connectivity index (χ1) is 15.7. The third kappa shape index (κ3) is 5.00. The number of nitrogens with zero attached hydrogens (tertiary/aromatic N) is 1. The van der Waals surface area contributed by atoms with Gasteiger partial charge >= 0.3 is 206 Å². The molecule has 32 heavy (non-hydrogen) atoms. The van der Waals surface area contributed by atoms with E-state index in [1.54, 1.807) is 13.3 Å². The second-order valence-corrected chi connectivity index (χ2v) is 26.8. The number of benzene rings is 2. The molecule has 4 heteroatoms. The van der Waals surface area contributed by atoms with Crippen molar-refractivity contribution in [2.24, 2.45) is 0 Å². The van der Waals surface area contributed by atoms with Crippen molar-refractivity contribution in [2.75, 3.05) is 4.90 Å². The summed E-state index contributed by atoms with van der Waals surface area (Å²) in [5.41, 5.74) is 2.37. The summed E-state index contributed by atoms with van der Waals surface area (Å²) in [6, 6.07) is 22.1. The average molecular weight is 601 g/mol. The van der Waals surface area contributed by atoms with E-state index in [2.05, 4.69) is 86.3 Å². The molecule has 0 unspecified atom stereocenters. The van der Waals surface area contributed by atoms with E-state index in [1.807, 2.05) is 2.45 Å². The Balaban J connectivity index is 1.76. The van der Waals surface area contributed by atoms with Crippen LogP contribution in [0, 0.1) is 0 Å². The fourth-order valence-corrected chi connectivity index (χ4v) is 30.5. The number of unbranched alkanes of at least 4 members (excludes halogenated alkanes) is 3. The fourth-order valence-electron chi connectivity index (χ4n) is 4.97. The van der Waals surface area contributed by atoms with Gasteiger partial charge in [0.15, 0.2) is 0 Å². The normalized spacial score (nSPS) is 12.9. The molecule has 0 amide bonds. The Morgan fingerprint density at radius 2 is 1.19 bits per heavy atom. The third-order valence-electron chi connectivity index (χ3n) is 6.79. The Morgan fingerprint density at radius 3 is 1.69 bits per heavy atom. The van der Waals surface area contributed by atoms with Crippen molar-refractivity contribution in [1.82, 2.24) is 0 Å². The van der Waals surface area contributed by atoms with E-state index < -0.39 is 18.4 Å². The van der Waals surface area contributed by atoms with Crippen LogP contribution in [0.1, 0.15) is 59.3 Å². The Bertz CT molecular complexity index is 947. The van der Waals surface area contributed by atoms with E-state index in [0.29, 0.717) is 14.5 Å². The van der Waals surface area contributed by atoms with Crippen molar-refractivity contribution >= 4 is 51.3 Å². The second-order valence-electron chi connectivity index (χ2n) is 9.10. The Hall–Kier alpha value is -1.16. The molecule has 0 spiro atoms. The van der Waals surface area contributed by atoms with Gasteiger partial charge in [-0.2, -0.15) is 0 Å². The van der Waals surface area contributed by atoms with Gasteiger partial charge in [0.05, 0.1) is 0 Å². The van der Waals surface area contributed by atoms with Gasteiger partial charge < -0.3 is 0 Å². The molecular weight excluding hydrogens is 564 g/mol. The van der Waals surface area contributed by atoms with E-state index in [-0.39, 0.29) is 0 Å². The van der Waals surface area contributed by atoms with Gasteiger partial charge in [0.2, 0.25) is 0 Å². The summed E-state index contributed by atoms with van der Waals surface area (Å²) in [4.78, 5) is 2.49. The van der Waals surface area contributed by atoms with Crippen molar-refractivity contribution in [3.63, 3.8) is 0 Å². The molecule has 1 aromatic heterocycles. The summed E-state index contributed by atoms with van der Waals surface area (Å²) >= 11 is -1.95. The van der Waals surface area contributed by atoms with Crippen LogP contribution in [0.5, 0.6) is 11.5 Å².